The van der Waals surface area contributed by atoms with Gasteiger partial charge in [0.05, 0.1) is 15.7 Å². The first-order chi connectivity index (χ1) is 9.93. The van der Waals surface area contributed by atoms with E-state index >= 15 is 0 Å². The fourth-order valence-electron chi connectivity index (χ4n) is 1.94. The average Bonchev–Trinajstić information content (AvgIpc) is 2.44. The van der Waals surface area contributed by atoms with Crippen LogP contribution in [0.5, 0.6) is 0 Å². The molecular weight excluding hydrogens is 342 g/mol. The molecule has 0 atom stereocenters. The number of rotatable bonds is 3. The maximum atomic E-state index is 13.6. The molecule has 0 radical (unpaired) electrons. The fourth-order valence-corrected chi connectivity index (χ4v) is 2.40. The van der Waals surface area contributed by atoms with Gasteiger partial charge in [-0.1, -0.05) is 6.07 Å². The van der Waals surface area contributed by atoms with E-state index in [2.05, 4.69) is 26.6 Å². The van der Waals surface area contributed by atoms with E-state index in [9.17, 15) is 13.6 Å². The normalized spacial score (nSPS) is 10.3. The highest BCUT2D eigenvalue weighted by Crippen LogP contribution is 2.26. The van der Waals surface area contributed by atoms with Gasteiger partial charge in [0, 0.05) is 12.7 Å². The average molecular weight is 355 g/mol. The van der Waals surface area contributed by atoms with Crippen molar-refractivity contribution in [3.63, 3.8) is 0 Å². The standard InChI is InChI=1S/C15H13BrF2N2O/c1-8-6-10(16)12(18)7-13(8)20-15(21)9-4-3-5-11(17)14(9)19-2/h3-7,19H,1-2H3,(H,20,21). The topological polar surface area (TPSA) is 41.1 Å². The van der Waals surface area contributed by atoms with Crippen LogP contribution in [0.15, 0.2) is 34.8 Å². The Balaban J connectivity index is 2.35. The van der Waals surface area contributed by atoms with Crippen LogP contribution in [0.4, 0.5) is 20.2 Å². The summed E-state index contributed by atoms with van der Waals surface area (Å²) in [6.45, 7) is 1.74. The lowest BCUT2D eigenvalue weighted by atomic mass is 10.1. The number of amides is 1. The molecule has 2 N–H and O–H groups in total. The molecule has 0 fully saturated rings. The van der Waals surface area contributed by atoms with Gasteiger partial charge in [-0.3, -0.25) is 4.79 Å². The third-order valence-corrected chi connectivity index (χ3v) is 3.63. The van der Waals surface area contributed by atoms with Gasteiger partial charge in [-0.25, -0.2) is 8.78 Å². The summed E-state index contributed by atoms with van der Waals surface area (Å²) in [7, 11) is 1.53. The van der Waals surface area contributed by atoms with Gasteiger partial charge in [-0.2, -0.15) is 0 Å². The van der Waals surface area contributed by atoms with Gasteiger partial charge in [0.1, 0.15) is 11.6 Å². The highest BCUT2D eigenvalue weighted by Gasteiger charge is 2.15. The molecule has 0 unspecified atom stereocenters. The number of para-hydroxylation sites is 1. The number of nitrogens with one attached hydrogen (secondary N) is 2. The van der Waals surface area contributed by atoms with Crippen molar-refractivity contribution >= 4 is 33.2 Å². The predicted molar refractivity (Wildman–Crippen MR) is 82.7 cm³/mol. The number of halogens is 3. The van der Waals surface area contributed by atoms with Gasteiger partial charge in [0.15, 0.2) is 0 Å². The molecule has 0 saturated carbocycles. The molecule has 0 heterocycles. The number of hydrogen-bond donors (Lipinski definition) is 2. The van der Waals surface area contributed by atoms with Gasteiger partial charge in [-0.05, 0) is 52.7 Å². The molecule has 0 bridgehead atoms. The molecule has 0 spiro atoms. The Bertz CT molecular complexity index is 704. The van der Waals surface area contributed by atoms with Crippen LogP contribution in [0.1, 0.15) is 15.9 Å². The zero-order valence-electron chi connectivity index (χ0n) is 11.4. The first kappa shape index (κ1) is 15.4. The minimum absolute atomic E-state index is 0.102. The lowest BCUT2D eigenvalue weighted by molar-refractivity contribution is 0.102. The lowest BCUT2D eigenvalue weighted by Crippen LogP contribution is -2.15. The Labute approximate surface area is 129 Å². The van der Waals surface area contributed by atoms with E-state index < -0.39 is 17.5 Å². The molecule has 1 amide bonds. The highest BCUT2D eigenvalue weighted by molar-refractivity contribution is 9.10. The molecule has 0 aliphatic carbocycles. The van der Waals surface area contributed by atoms with Gasteiger partial charge >= 0.3 is 0 Å². The number of anilines is 2. The van der Waals surface area contributed by atoms with E-state index in [0.29, 0.717) is 15.7 Å². The van der Waals surface area contributed by atoms with Crippen molar-refractivity contribution in [3.05, 3.63) is 57.6 Å². The molecule has 0 aliphatic rings. The summed E-state index contributed by atoms with van der Waals surface area (Å²) in [5.41, 5.74) is 1.29. The quantitative estimate of drug-likeness (QED) is 0.861. The first-order valence-corrected chi connectivity index (χ1v) is 6.96. The second-order valence-corrected chi connectivity index (χ2v) is 5.30. The van der Waals surface area contributed by atoms with E-state index in [1.165, 1.54) is 31.3 Å². The van der Waals surface area contributed by atoms with Crippen molar-refractivity contribution in [1.82, 2.24) is 0 Å². The Hall–Kier alpha value is -1.95. The Kier molecular flexibility index (Phi) is 4.57. The summed E-state index contributed by atoms with van der Waals surface area (Å²) >= 11 is 3.08. The number of carbonyl (C=O) groups is 1. The number of carbonyl (C=O) groups excluding carboxylic acids is 1. The first-order valence-electron chi connectivity index (χ1n) is 6.17. The van der Waals surface area contributed by atoms with E-state index in [1.807, 2.05) is 0 Å². The van der Waals surface area contributed by atoms with E-state index in [4.69, 9.17) is 0 Å². The summed E-state index contributed by atoms with van der Waals surface area (Å²) in [4.78, 5) is 12.2. The van der Waals surface area contributed by atoms with Gasteiger partial charge in [0.25, 0.3) is 5.91 Å². The molecule has 21 heavy (non-hydrogen) atoms. The Morgan fingerprint density at radius 1 is 1.19 bits per heavy atom. The fraction of sp³-hybridized carbons (Fsp3) is 0.133. The van der Waals surface area contributed by atoms with Crippen LogP contribution < -0.4 is 10.6 Å². The van der Waals surface area contributed by atoms with Crippen LogP contribution in [-0.2, 0) is 0 Å². The van der Waals surface area contributed by atoms with Crippen LogP contribution in [0.3, 0.4) is 0 Å². The van der Waals surface area contributed by atoms with Crippen molar-refractivity contribution < 1.29 is 13.6 Å². The van der Waals surface area contributed by atoms with Gasteiger partial charge in [-0.15, -0.1) is 0 Å². The van der Waals surface area contributed by atoms with Crippen molar-refractivity contribution in [1.29, 1.82) is 0 Å². The highest BCUT2D eigenvalue weighted by atomic mass is 79.9. The summed E-state index contributed by atoms with van der Waals surface area (Å²) < 4.78 is 27.5. The monoisotopic (exact) mass is 354 g/mol. The van der Waals surface area contributed by atoms with E-state index in [1.54, 1.807) is 13.0 Å². The third kappa shape index (κ3) is 3.21. The molecule has 0 aliphatic heterocycles. The second-order valence-electron chi connectivity index (χ2n) is 4.45. The van der Waals surface area contributed by atoms with E-state index in [-0.39, 0.29) is 11.3 Å². The molecule has 110 valence electrons. The molecule has 2 aromatic carbocycles. The molecule has 0 saturated heterocycles. The smallest absolute Gasteiger partial charge is 0.257 e. The SMILES string of the molecule is CNc1c(F)cccc1C(=O)Nc1cc(F)c(Br)cc1C. The third-order valence-electron chi connectivity index (χ3n) is 3.02. The van der Waals surface area contributed by atoms with Gasteiger partial charge < -0.3 is 10.6 Å². The minimum Gasteiger partial charge on any atom is -0.385 e. The summed E-state index contributed by atoms with van der Waals surface area (Å²) in [5, 5.41) is 5.24. The largest absolute Gasteiger partial charge is 0.385 e. The minimum atomic E-state index is -0.524. The number of benzene rings is 2. The van der Waals surface area contributed by atoms with Crippen LogP contribution in [0, 0.1) is 18.6 Å². The maximum absolute atomic E-state index is 13.6. The van der Waals surface area contributed by atoms with Crippen molar-refractivity contribution in [3.8, 4) is 0 Å². The second kappa shape index (κ2) is 6.22. The van der Waals surface area contributed by atoms with Crippen molar-refractivity contribution in [2.24, 2.45) is 0 Å². The summed E-state index contributed by atoms with van der Waals surface area (Å²) in [5.74, 6) is -1.52. The van der Waals surface area contributed by atoms with Crippen LogP contribution in [-0.4, -0.2) is 13.0 Å². The lowest BCUT2D eigenvalue weighted by Gasteiger charge is -2.12. The summed E-state index contributed by atoms with van der Waals surface area (Å²) in [6.07, 6.45) is 0. The Morgan fingerprint density at radius 3 is 2.57 bits per heavy atom. The maximum Gasteiger partial charge on any atom is 0.257 e. The molecular formula is C15H13BrF2N2O. The van der Waals surface area contributed by atoms with Crippen molar-refractivity contribution in [2.45, 2.75) is 6.92 Å². The Morgan fingerprint density at radius 2 is 1.90 bits per heavy atom. The zero-order valence-corrected chi connectivity index (χ0v) is 13.0. The summed E-state index contributed by atoms with van der Waals surface area (Å²) in [6, 6.07) is 6.98. The van der Waals surface area contributed by atoms with E-state index in [0.717, 1.165) is 0 Å². The molecule has 0 aromatic heterocycles. The molecule has 2 aromatic rings. The van der Waals surface area contributed by atoms with Crippen LogP contribution in [0.25, 0.3) is 0 Å². The molecule has 3 nitrogen and oxygen atoms in total. The predicted octanol–water partition coefficient (Wildman–Crippen LogP) is 4.33. The molecule has 6 heteroatoms. The van der Waals surface area contributed by atoms with Crippen LogP contribution >= 0.6 is 15.9 Å². The zero-order chi connectivity index (χ0) is 15.6. The van der Waals surface area contributed by atoms with Crippen molar-refractivity contribution in [2.75, 3.05) is 17.7 Å². The number of aryl methyl sites for hydroxylation is 1. The number of hydrogen-bond acceptors (Lipinski definition) is 2. The van der Waals surface area contributed by atoms with Crippen LogP contribution in [0.2, 0.25) is 0 Å². The van der Waals surface area contributed by atoms with Gasteiger partial charge in [0.2, 0.25) is 0 Å². The molecule has 2 rings (SSSR count).